The first-order valence-electron chi connectivity index (χ1n) is 4.78. The number of ketones is 1. The minimum atomic E-state index is 0.109. The van der Waals surface area contributed by atoms with Gasteiger partial charge in [-0.05, 0) is 17.4 Å². The molecule has 1 atom stereocenters. The Morgan fingerprint density at radius 2 is 1.92 bits per heavy atom. The largest absolute Gasteiger partial charge is 0.300 e. The van der Waals surface area contributed by atoms with E-state index in [0.29, 0.717) is 5.78 Å². The van der Waals surface area contributed by atoms with Gasteiger partial charge in [0.2, 0.25) is 0 Å². The molecule has 0 spiro atoms. The molecule has 2 rings (SSSR count). The second-order valence-electron chi connectivity index (χ2n) is 4.14. The van der Waals surface area contributed by atoms with Gasteiger partial charge in [0.05, 0.1) is 0 Å². The summed E-state index contributed by atoms with van der Waals surface area (Å²) in [6, 6.07) is 10.4. The van der Waals surface area contributed by atoms with E-state index in [1.807, 2.05) is 18.2 Å². The minimum Gasteiger partial charge on any atom is -0.300 e. The number of hydrogen-bond donors (Lipinski definition) is 0. The number of Topliss-reactive ketones (excluding diaryl/α,β-unsaturated/α-hetero) is 1. The van der Waals surface area contributed by atoms with E-state index in [9.17, 15) is 4.79 Å². The van der Waals surface area contributed by atoms with Crippen molar-refractivity contribution < 1.29 is 4.79 Å². The maximum atomic E-state index is 11.2. The Labute approximate surface area is 78.8 Å². The molecule has 1 aromatic rings. The van der Waals surface area contributed by atoms with Crippen LogP contribution in [0.3, 0.4) is 0 Å². The van der Waals surface area contributed by atoms with E-state index in [4.69, 9.17) is 0 Å². The lowest BCUT2D eigenvalue weighted by atomic mass is 9.81. The second-order valence-corrected chi connectivity index (χ2v) is 4.14. The van der Waals surface area contributed by atoms with Crippen LogP contribution in [0.4, 0.5) is 0 Å². The minimum absolute atomic E-state index is 0.109. The molecule has 0 saturated heterocycles. The summed E-state index contributed by atoms with van der Waals surface area (Å²) in [7, 11) is 0. The highest BCUT2D eigenvalue weighted by Gasteiger charge is 2.34. The van der Waals surface area contributed by atoms with Gasteiger partial charge in [0, 0.05) is 12.8 Å². The van der Waals surface area contributed by atoms with Crippen LogP contribution in [0.1, 0.15) is 31.7 Å². The summed E-state index contributed by atoms with van der Waals surface area (Å²) in [5.74, 6) is 0.409. The number of hydrogen-bond acceptors (Lipinski definition) is 1. The van der Waals surface area contributed by atoms with Gasteiger partial charge < -0.3 is 0 Å². The third-order valence-corrected chi connectivity index (χ3v) is 3.01. The number of carbonyl (C=O) groups is 1. The molecule has 1 aliphatic rings. The molecule has 1 nitrogen and oxygen atoms in total. The van der Waals surface area contributed by atoms with Crippen LogP contribution >= 0.6 is 0 Å². The maximum absolute atomic E-state index is 11.2. The fraction of sp³-hybridized carbons (Fsp3) is 0.417. The topological polar surface area (TPSA) is 17.1 Å². The molecule has 0 amide bonds. The lowest BCUT2D eigenvalue weighted by molar-refractivity contribution is -0.117. The average Bonchev–Trinajstić information content (AvgIpc) is 2.49. The van der Waals surface area contributed by atoms with Crippen molar-refractivity contribution in [3.05, 3.63) is 35.9 Å². The molecule has 68 valence electrons. The van der Waals surface area contributed by atoms with E-state index in [1.165, 1.54) is 5.56 Å². The van der Waals surface area contributed by atoms with E-state index in [-0.39, 0.29) is 5.41 Å². The first-order chi connectivity index (χ1) is 6.21. The summed E-state index contributed by atoms with van der Waals surface area (Å²) < 4.78 is 0. The van der Waals surface area contributed by atoms with E-state index >= 15 is 0 Å². The van der Waals surface area contributed by atoms with Crippen molar-refractivity contribution >= 4 is 5.78 Å². The normalized spacial score (nSPS) is 27.9. The number of benzene rings is 1. The Kier molecular flexibility index (Phi) is 1.95. The van der Waals surface area contributed by atoms with Gasteiger partial charge in [-0.25, -0.2) is 0 Å². The van der Waals surface area contributed by atoms with Crippen molar-refractivity contribution in [3.8, 4) is 0 Å². The predicted octanol–water partition coefficient (Wildman–Crippen LogP) is 2.70. The van der Waals surface area contributed by atoms with Gasteiger partial charge in [0.15, 0.2) is 0 Å². The summed E-state index contributed by atoms with van der Waals surface area (Å²) in [5, 5.41) is 0. The smallest absolute Gasteiger partial charge is 0.133 e. The van der Waals surface area contributed by atoms with Gasteiger partial charge in [-0.2, -0.15) is 0 Å². The van der Waals surface area contributed by atoms with E-state index < -0.39 is 0 Å². The van der Waals surface area contributed by atoms with Gasteiger partial charge in [-0.1, -0.05) is 37.3 Å². The molecule has 0 radical (unpaired) electrons. The molecule has 1 aromatic carbocycles. The highest BCUT2D eigenvalue weighted by atomic mass is 16.1. The molecule has 0 N–H and O–H groups in total. The Hall–Kier alpha value is -1.11. The Bertz CT molecular complexity index is 315. The van der Waals surface area contributed by atoms with E-state index in [0.717, 1.165) is 19.3 Å². The first kappa shape index (κ1) is 8.49. The van der Waals surface area contributed by atoms with Crippen LogP contribution in [-0.2, 0) is 10.2 Å². The third-order valence-electron chi connectivity index (χ3n) is 3.01. The summed E-state index contributed by atoms with van der Waals surface area (Å²) in [6.07, 6.45) is 2.48. The van der Waals surface area contributed by atoms with Crippen LogP contribution in [0.15, 0.2) is 30.3 Å². The van der Waals surface area contributed by atoms with Gasteiger partial charge in [-0.15, -0.1) is 0 Å². The molecule has 0 aromatic heterocycles. The highest BCUT2D eigenvalue weighted by molar-refractivity contribution is 5.82. The van der Waals surface area contributed by atoms with E-state index in [2.05, 4.69) is 19.1 Å². The second kappa shape index (κ2) is 2.99. The lowest BCUT2D eigenvalue weighted by Crippen LogP contribution is -2.17. The molecule has 1 saturated carbocycles. The van der Waals surface area contributed by atoms with Crippen molar-refractivity contribution in [1.82, 2.24) is 0 Å². The molecule has 0 unspecified atom stereocenters. The van der Waals surface area contributed by atoms with Crippen molar-refractivity contribution in [2.75, 3.05) is 0 Å². The maximum Gasteiger partial charge on any atom is 0.133 e. The van der Waals surface area contributed by atoms with Gasteiger partial charge in [0.25, 0.3) is 0 Å². The Balaban J connectivity index is 2.31. The van der Waals surface area contributed by atoms with Crippen LogP contribution < -0.4 is 0 Å². The molecule has 1 heteroatoms. The zero-order valence-corrected chi connectivity index (χ0v) is 7.92. The molecule has 0 heterocycles. The highest BCUT2D eigenvalue weighted by Crippen LogP contribution is 2.38. The summed E-state index contributed by atoms with van der Waals surface area (Å²) >= 11 is 0. The van der Waals surface area contributed by atoms with Crippen molar-refractivity contribution in [2.45, 2.75) is 31.6 Å². The van der Waals surface area contributed by atoms with Crippen molar-refractivity contribution in [3.63, 3.8) is 0 Å². The molecule has 0 aliphatic heterocycles. The molecule has 13 heavy (non-hydrogen) atoms. The Morgan fingerprint density at radius 3 is 2.46 bits per heavy atom. The molecule has 0 bridgehead atoms. The van der Waals surface area contributed by atoms with Gasteiger partial charge in [0.1, 0.15) is 5.78 Å². The zero-order valence-electron chi connectivity index (χ0n) is 7.92. The number of rotatable bonds is 1. The molecule has 1 fully saturated rings. The van der Waals surface area contributed by atoms with Crippen molar-refractivity contribution in [1.29, 1.82) is 0 Å². The quantitative estimate of drug-likeness (QED) is 0.639. The van der Waals surface area contributed by atoms with E-state index in [1.54, 1.807) is 0 Å². The fourth-order valence-electron chi connectivity index (χ4n) is 2.11. The standard InChI is InChI=1S/C12H14O/c1-12(8-7-11(13)9-12)10-5-3-2-4-6-10/h2-6H,7-9H2,1H3/t12-/m0/s1. The average molecular weight is 174 g/mol. The van der Waals surface area contributed by atoms with Crippen LogP contribution in [-0.4, -0.2) is 5.78 Å². The summed E-state index contributed by atoms with van der Waals surface area (Å²) in [4.78, 5) is 11.2. The zero-order chi connectivity index (χ0) is 9.31. The summed E-state index contributed by atoms with van der Waals surface area (Å²) in [6.45, 7) is 2.19. The third kappa shape index (κ3) is 1.51. The fourth-order valence-corrected chi connectivity index (χ4v) is 2.11. The molecular weight excluding hydrogens is 160 g/mol. The number of carbonyl (C=O) groups excluding carboxylic acids is 1. The SMILES string of the molecule is C[C@]1(c2ccccc2)CCC(=O)C1. The lowest BCUT2D eigenvalue weighted by Gasteiger charge is -2.22. The van der Waals surface area contributed by atoms with Crippen LogP contribution in [0.2, 0.25) is 0 Å². The Morgan fingerprint density at radius 1 is 1.23 bits per heavy atom. The van der Waals surface area contributed by atoms with Crippen molar-refractivity contribution in [2.24, 2.45) is 0 Å². The van der Waals surface area contributed by atoms with Crippen LogP contribution in [0.5, 0.6) is 0 Å². The monoisotopic (exact) mass is 174 g/mol. The van der Waals surface area contributed by atoms with Crippen LogP contribution in [0, 0.1) is 0 Å². The molecular formula is C12H14O. The summed E-state index contributed by atoms with van der Waals surface area (Å²) in [5.41, 5.74) is 1.42. The predicted molar refractivity (Wildman–Crippen MR) is 52.7 cm³/mol. The van der Waals surface area contributed by atoms with Gasteiger partial charge >= 0.3 is 0 Å². The first-order valence-corrected chi connectivity index (χ1v) is 4.78. The van der Waals surface area contributed by atoms with Gasteiger partial charge in [-0.3, -0.25) is 4.79 Å². The van der Waals surface area contributed by atoms with Crippen LogP contribution in [0.25, 0.3) is 0 Å². The molecule has 1 aliphatic carbocycles.